The third kappa shape index (κ3) is 5.73. The van der Waals surface area contributed by atoms with Gasteiger partial charge < -0.3 is 10.1 Å². The van der Waals surface area contributed by atoms with Gasteiger partial charge in [0, 0.05) is 6.04 Å². The van der Waals surface area contributed by atoms with Crippen molar-refractivity contribution >= 4 is 5.91 Å². The van der Waals surface area contributed by atoms with E-state index in [9.17, 15) is 4.79 Å². The van der Waals surface area contributed by atoms with Gasteiger partial charge in [-0.25, -0.2) is 0 Å². The molecule has 2 aromatic rings. The zero-order valence-corrected chi connectivity index (χ0v) is 14.8. The third-order valence-electron chi connectivity index (χ3n) is 4.02. The number of carbonyl (C=O) groups is 1. The summed E-state index contributed by atoms with van der Waals surface area (Å²) in [5.41, 5.74) is 2.42. The van der Waals surface area contributed by atoms with Crippen molar-refractivity contribution in [2.45, 2.75) is 45.6 Å². The van der Waals surface area contributed by atoms with E-state index >= 15 is 0 Å². The second-order valence-corrected chi connectivity index (χ2v) is 6.47. The first-order chi connectivity index (χ1) is 11.6. The third-order valence-corrected chi connectivity index (χ3v) is 4.02. The summed E-state index contributed by atoms with van der Waals surface area (Å²) in [4.78, 5) is 12.1. The van der Waals surface area contributed by atoms with Crippen molar-refractivity contribution in [2.24, 2.45) is 0 Å². The summed E-state index contributed by atoms with van der Waals surface area (Å²) in [6.07, 6.45) is 1.87. The number of para-hydroxylation sites is 1. The van der Waals surface area contributed by atoms with Gasteiger partial charge in [-0.3, -0.25) is 4.79 Å². The molecule has 0 spiro atoms. The number of ether oxygens (including phenoxy) is 1. The molecule has 0 bridgehead atoms. The number of rotatable bonds is 8. The fourth-order valence-corrected chi connectivity index (χ4v) is 2.65. The zero-order chi connectivity index (χ0) is 17.4. The van der Waals surface area contributed by atoms with Gasteiger partial charge in [0.2, 0.25) is 0 Å². The molecule has 0 saturated carbocycles. The van der Waals surface area contributed by atoms with Crippen molar-refractivity contribution < 1.29 is 9.53 Å². The summed E-state index contributed by atoms with van der Waals surface area (Å²) < 4.78 is 5.71. The highest BCUT2D eigenvalue weighted by Crippen LogP contribution is 2.25. The van der Waals surface area contributed by atoms with E-state index in [0.29, 0.717) is 5.92 Å². The van der Waals surface area contributed by atoms with Crippen LogP contribution in [0, 0.1) is 0 Å². The monoisotopic (exact) mass is 325 g/mol. The van der Waals surface area contributed by atoms with Gasteiger partial charge in [-0.1, -0.05) is 62.4 Å². The van der Waals surface area contributed by atoms with Crippen molar-refractivity contribution in [3.8, 4) is 5.75 Å². The van der Waals surface area contributed by atoms with Crippen LogP contribution >= 0.6 is 0 Å². The minimum absolute atomic E-state index is 0.0550. The highest BCUT2D eigenvalue weighted by molar-refractivity contribution is 5.77. The highest BCUT2D eigenvalue weighted by Gasteiger charge is 2.11. The first-order valence-corrected chi connectivity index (χ1v) is 8.61. The lowest BCUT2D eigenvalue weighted by atomic mass is 10.0. The van der Waals surface area contributed by atoms with Gasteiger partial charge in [0.05, 0.1) is 0 Å². The molecule has 128 valence electrons. The average molecular weight is 325 g/mol. The van der Waals surface area contributed by atoms with Crippen LogP contribution in [-0.2, 0) is 11.2 Å². The maximum absolute atomic E-state index is 12.1. The predicted octanol–water partition coefficient (Wildman–Crippen LogP) is 4.33. The average Bonchev–Trinajstić information content (AvgIpc) is 2.59. The summed E-state index contributed by atoms with van der Waals surface area (Å²) in [5.74, 6) is 1.09. The van der Waals surface area contributed by atoms with Crippen molar-refractivity contribution in [3.05, 3.63) is 65.7 Å². The minimum Gasteiger partial charge on any atom is -0.483 e. The van der Waals surface area contributed by atoms with E-state index in [1.54, 1.807) is 0 Å². The molecule has 3 nitrogen and oxygen atoms in total. The summed E-state index contributed by atoms with van der Waals surface area (Å²) in [6, 6.07) is 18.3. The van der Waals surface area contributed by atoms with Gasteiger partial charge in [-0.05, 0) is 42.9 Å². The Morgan fingerprint density at radius 1 is 1.00 bits per heavy atom. The molecule has 0 saturated heterocycles. The van der Waals surface area contributed by atoms with Crippen LogP contribution in [0.1, 0.15) is 44.2 Å². The van der Waals surface area contributed by atoms with Crippen LogP contribution in [0.25, 0.3) is 0 Å². The molecule has 2 aromatic carbocycles. The van der Waals surface area contributed by atoms with E-state index in [-0.39, 0.29) is 18.6 Å². The van der Waals surface area contributed by atoms with Gasteiger partial charge in [0.15, 0.2) is 6.61 Å². The molecular formula is C21H27NO2. The molecule has 0 aliphatic carbocycles. The second kappa shape index (κ2) is 9.11. The molecule has 1 amide bonds. The lowest BCUT2D eigenvalue weighted by Crippen LogP contribution is -2.36. The predicted molar refractivity (Wildman–Crippen MR) is 98.4 cm³/mol. The molecule has 24 heavy (non-hydrogen) atoms. The van der Waals surface area contributed by atoms with Crippen LogP contribution in [-0.4, -0.2) is 18.6 Å². The number of amides is 1. The fraction of sp³-hybridized carbons (Fsp3) is 0.381. The van der Waals surface area contributed by atoms with Crippen LogP contribution in [0.2, 0.25) is 0 Å². The Hall–Kier alpha value is -2.29. The summed E-state index contributed by atoms with van der Waals surface area (Å²) in [7, 11) is 0. The van der Waals surface area contributed by atoms with Gasteiger partial charge in [0.1, 0.15) is 5.75 Å². The van der Waals surface area contributed by atoms with Crippen LogP contribution in [0.3, 0.4) is 0 Å². The van der Waals surface area contributed by atoms with Gasteiger partial charge >= 0.3 is 0 Å². The lowest BCUT2D eigenvalue weighted by Gasteiger charge is -2.16. The number of aryl methyl sites for hydroxylation is 1. The molecular weight excluding hydrogens is 298 g/mol. The first kappa shape index (κ1) is 18.1. The second-order valence-electron chi connectivity index (χ2n) is 6.47. The molecule has 0 heterocycles. The van der Waals surface area contributed by atoms with Crippen LogP contribution in [0.15, 0.2) is 54.6 Å². The molecule has 3 heteroatoms. The SMILES string of the molecule is CC(CCc1ccccc1)NC(=O)COc1ccccc1C(C)C. The molecule has 0 aliphatic rings. The maximum atomic E-state index is 12.1. The Bertz CT molecular complexity index is 637. The van der Waals surface area contributed by atoms with Crippen LogP contribution in [0.5, 0.6) is 5.75 Å². The Kier molecular flexibility index (Phi) is 6.86. The molecule has 2 rings (SSSR count). The molecule has 0 radical (unpaired) electrons. The molecule has 0 fully saturated rings. The quantitative estimate of drug-likeness (QED) is 0.784. The van der Waals surface area contributed by atoms with Crippen molar-refractivity contribution in [2.75, 3.05) is 6.61 Å². The Morgan fingerprint density at radius 2 is 1.67 bits per heavy atom. The van der Waals surface area contributed by atoms with E-state index in [1.807, 2.05) is 49.4 Å². The van der Waals surface area contributed by atoms with E-state index in [0.717, 1.165) is 24.2 Å². The maximum Gasteiger partial charge on any atom is 0.258 e. The standard InChI is InChI=1S/C21H27NO2/c1-16(2)19-11-7-8-12-20(19)24-15-21(23)22-17(3)13-14-18-9-5-4-6-10-18/h4-12,16-17H,13-15H2,1-3H3,(H,22,23). The van der Waals surface area contributed by atoms with E-state index in [2.05, 4.69) is 31.3 Å². The number of hydrogen-bond acceptors (Lipinski definition) is 2. The largest absolute Gasteiger partial charge is 0.483 e. The normalized spacial score (nSPS) is 12.0. The fourth-order valence-electron chi connectivity index (χ4n) is 2.65. The number of nitrogens with one attached hydrogen (secondary N) is 1. The number of carbonyl (C=O) groups excluding carboxylic acids is 1. The molecule has 0 aliphatic heterocycles. The smallest absolute Gasteiger partial charge is 0.258 e. The summed E-state index contributed by atoms with van der Waals surface area (Å²) in [5, 5.41) is 3.01. The first-order valence-electron chi connectivity index (χ1n) is 8.61. The van der Waals surface area contributed by atoms with Crippen molar-refractivity contribution in [1.29, 1.82) is 0 Å². The Labute approximate surface area is 145 Å². The van der Waals surface area contributed by atoms with Crippen LogP contribution < -0.4 is 10.1 Å². The molecule has 1 atom stereocenters. The Balaban J connectivity index is 1.77. The van der Waals surface area contributed by atoms with Gasteiger partial charge in [0.25, 0.3) is 5.91 Å². The minimum atomic E-state index is -0.0749. The summed E-state index contributed by atoms with van der Waals surface area (Å²) in [6.45, 7) is 6.32. The molecule has 1 unspecified atom stereocenters. The topological polar surface area (TPSA) is 38.3 Å². The van der Waals surface area contributed by atoms with Crippen LogP contribution in [0.4, 0.5) is 0 Å². The van der Waals surface area contributed by atoms with E-state index in [4.69, 9.17) is 4.74 Å². The zero-order valence-electron chi connectivity index (χ0n) is 14.8. The lowest BCUT2D eigenvalue weighted by molar-refractivity contribution is -0.123. The van der Waals surface area contributed by atoms with E-state index < -0.39 is 0 Å². The molecule has 0 aromatic heterocycles. The van der Waals surface area contributed by atoms with E-state index in [1.165, 1.54) is 5.56 Å². The van der Waals surface area contributed by atoms with Gasteiger partial charge in [-0.15, -0.1) is 0 Å². The van der Waals surface area contributed by atoms with Crippen molar-refractivity contribution in [1.82, 2.24) is 5.32 Å². The van der Waals surface area contributed by atoms with Gasteiger partial charge in [-0.2, -0.15) is 0 Å². The molecule has 1 N–H and O–H groups in total. The summed E-state index contributed by atoms with van der Waals surface area (Å²) >= 11 is 0. The highest BCUT2D eigenvalue weighted by atomic mass is 16.5. The Morgan fingerprint density at radius 3 is 2.38 bits per heavy atom. The number of benzene rings is 2. The van der Waals surface area contributed by atoms with Crippen molar-refractivity contribution in [3.63, 3.8) is 0 Å². The number of hydrogen-bond donors (Lipinski definition) is 1.